The fraction of sp³-hybridized carbons (Fsp3) is 0.188. The summed E-state index contributed by atoms with van der Waals surface area (Å²) in [6, 6.07) is 10.9. The Morgan fingerprint density at radius 1 is 0.889 bits per heavy atom. The van der Waals surface area contributed by atoms with Gasteiger partial charge in [0.2, 0.25) is 26.0 Å². The largest absolute Gasteiger partial charge is 0.325 e. The van der Waals surface area contributed by atoms with E-state index in [2.05, 4.69) is 10.6 Å². The Bertz CT molecular complexity index is 1020. The van der Waals surface area contributed by atoms with Crippen molar-refractivity contribution in [1.82, 2.24) is 5.32 Å². The zero-order chi connectivity index (χ0) is 20.2. The molecular weight excluding hydrogens is 392 g/mol. The summed E-state index contributed by atoms with van der Waals surface area (Å²) < 4.78 is 44.9. The Labute approximate surface area is 157 Å². The fourth-order valence-electron chi connectivity index (χ4n) is 2.14. The summed E-state index contributed by atoms with van der Waals surface area (Å²) in [5.41, 5.74) is 1.21. The molecular formula is C16H20N4O5S2. The second-order valence-electron chi connectivity index (χ2n) is 5.85. The molecule has 2 aromatic rings. The average Bonchev–Trinajstić information content (AvgIpc) is 2.59. The van der Waals surface area contributed by atoms with Crippen LogP contribution in [0.25, 0.3) is 0 Å². The van der Waals surface area contributed by atoms with Crippen molar-refractivity contribution in [2.24, 2.45) is 10.3 Å². The first-order valence-corrected chi connectivity index (χ1v) is 10.8. The highest BCUT2D eigenvalue weighted by molar-refractivity contribution is 7.89. The smallest absolute Gasteiger partial charge is 0.241 e. The van der Waals surface area contributed by atoms with Gasteiger partial charge in [-0.2, -0.15) is 0 Å². The van der Waals surface area contributed by atoms with E-state index in [1.807, 2.05) is 0 Å². The second kappa shape index (κ2) is 8.15. The van der Waals surface area contributed by atoms with Gasteiger partial charge in [-0.25, -0.2) is 27.1 Å². The standard InChI is InChI=1S/C16H20N4O5S2/c1-11(19-10-12-2-6-14(7-3-12)26(17,22)23)16(21)20-13-4-8-15(9-5-13)27(18,24)25/h2-9,11,19H,10H2,1H3,(H,20,21)(H2,17,22,23)(H2,18,24,25)/t11-/m0/s1. The molecule has 146 valence electrons. The molecule has 11 heteroatoms. The van der Waals surface area contributed by atoms with Crippen LogP contribution < -0.4 is 20.9 Å². The van der Waals surface area contributed by atoms with E-state index in [1.54, 1.807) is 19.1 Å². The Hall–Kier alpha value is -2.31. The van der Waals surface area contributed by atoms with E-state index in [9.17, 15) is 21.6 Å². The molecule has 9 nitrogen and oxygen atoms in total. The summed E-state index contributed by atoms with van der Waals surface area (Å²) >= 11 is 0. The van der Waals surface area contributed by atoms with Gasteiger partial charge in [0.05, 0.1) is 15.8 Å². The van der Waals surface area contributed by atoms with Crippen LogP contribution in [-0.2, 0) is 31.4 Å². The molecule has 0 spiro atoms. The van der Waals surface area contributed by atoms with Gasteiger partial charge in [0, 0.05) is 12.2 Å². The van der Waals surface area contributed by atoms with E-state index in [1.165, 1.54) is 36.4 Å². The minimum atomic E-state index is -3.79. The molecule has 0 bridgehead atoms. The molecule has 0 aliphatic heterocycles. The zero-order valence-corrected chi connectivity index (χ0v) is 16.0. The maximum absolute atomic E-state index is 12.2. The topological polar surface area (TPSA) is 161 Å². The van der Waals surface area contributed by atoms with Crippen molar-refractivity contribution in [1.29, 1.82) is 0 Å². The lowest BCUT2D eigenvalue weighted by Crippen LogP contribution is -2.37. The number of carbonyl (C=O) groups is 1. The van der Waals surface area contributed by atoms with Gasteiger partial charge in [0.1, 0.15) is 0 Å². The Balaban J connectivity index is 1.92. The van der Waals surface area contributed by atoms with E-state index in [-0.39, 0.29) is 15.7 Å². The van der Waals surface area contributed by atoms with Crippen molar-refractivity contribution < 1.29 is 21.6 Å². The van der Waals surface area contributed by atoms with Gasteiger partial charge < -0.3 is 10.6 Å². The highest BCUT2D eigenvalue weighted by atomic mass is 32.2. The molecule has 0 aliphatic rings. The number of hydrogen-bond acceptors (Lipinski definition) is 6. The maximum Gasteiger partial charge on any atom is 0.241 e. The van der Waals surface area contributed by atoms with Crippen molar-refractivity contribution in [2.75, 3.05) is 5.32 Å². The number of sulfonamides is 2. The lowest BCUT2D eigenvalue weighted by Gasteiger charge is -2.14. The van der Waals surface area contributed by atoms with Crippen LogP contribution in [0.5, 0.6) is 0 Å². The molecule has 0 heterocycles. The van der Waals surface area contributed by atoms with Crippen molar-refractivity contribution in [3.8, 4) is 0 Å². The third-order valence-corrected chi connectivity index (χ3v) is 5.57. The van der Waals surface area contributed by atoms with Gasteiger partial charge in [0.25, 0.3) is 0 Å². The molecule has 0 aromatic heterocycles. The molecule has 0 unspecified atom stereocenters. The SMILES string of the molecule is C[C@H](NCc1ccc(S(N)(=O)=O)cc1)C(=O)Nc1ccc(S(N)(=O)=O)cc1. The lowest BCUT2D eigenvalue weighted by atomic mass is 10.2. The molecule has 2 aromatic carbocycles. The Kier molecular flexibility index (Phi) is 6.34. The van der Waals surface area contributed by atoms with Gasteiger partial charge in [-0.1, -0.05) is 12.1 Å². The van der Waals surface area contributed by atoms with Crippen molar-refractivity contribution in [3.05, 3.63) is 54.1 Å². The summed E-state index contributed by atoms with van der Waals surface area (Å²) in [5, 5.41) is 15.7. The molecule has 0 fully saturated rings. The van der Waals surface area contributed by atoms with Crippen LogP contribution in [-0.4, -0.2) is 28.8 Å². The number of amides is 1. The first kappa shape index (κ1) is 21.0. The summed E-state index contributed by atoms with van der Waals surface area (Å²) in [6.07, 6.45) is 0. The van der Waals surface area contributed by atoms with Crippen molar-refractivity contribution in [3.63, 3.8) is 0 Å². The molecule has 27 heavy (non-hydrogen) atoms. The monoisotopic (exact) mass is 412 g/mol. The van der Waals surface area contributed by atoms with Gasteiger partial charge in [-0.3, -0.25) is 4.79 Å². The molecule has 2 rings (SSSR count). The van der Waals surface area contributed by atoms with Crippen LogP contribution >= 0.6 is 0 Å². The van der Waals surface area contributed by atoms with Gasteiger partial charge in [0.15, 0.2) is 0 Å². The second-order valence-corrected chi connectivity index (χ2v) is 8.97. The van der Waals surface area contributed by atoms with Crippen LogP contribution in [0.3, 0.4) is 0 Å². The van der Waals surface area contributed by atoms with Crippen LogP contribution in [0.4, 0.5) is 5.69 Å². The summed E-state index contributed by atoms with van der Waals surface area (Å²) in [4.78, 5) is 12.2. The minimum absolute atomic E-state index is 0.0139. The molecule has 1 amide bonds. The third-order valence-electron chi connectivity index (χ3n) is 3.71. The minimum Gasteiger partial charge on any atom is -0.325 e. The van der Waals surface area contributed by atoms with Crippen molar-refractivity contribution in [2.45, 2.75) is 29.3 Å². The number of anilines is 1. The predicted octanol–water partition coefficient (Wildman–Crippen LogP) is 0.0982. The summed E-state index contributed by atoms with van der Waals surface area (Å²) in [6.45, 7) is 2.00. The normalized spacial score (nSPS) is 13.1. The molecule has 1 atom stereocenters. The first-order valence-electron chi connectivity index (χ1n) is 7.75. The van der Waals surface area contributed by atoms with Gasteiger partial charge in [-0.05, 0) is 48.9 Å². The van der Waals surface area contributed by atoms with E-state index >= 15 is 0 Å². The number of carbonyl (C=O) groups excluding carboxylic acids is 1. The number of rotatable bonds is 7. The zero-order valence-electron chi connectivity index (χ0n) is 14.4. The van der Waals surface area contributed by atoms with Crippen molar-refractivity contribution >= 4 is 31.6 Å². The third kappa shape index (κ3) is 6.12. The molecule has 0 saturated heterocycles. The number of primary sulfonamides is 2. The van der Waals surface area contributed by atoms with Crippen LogP contribution in [0, 0.1) is 0 Å². The van der Waals surface area contributed by atoms with E-state index < -0.39 is 26.1 Å². The Morgan fingerprint density at radius 2 is 1.33 bits per heavy atom. The lowest BCUT2D eigenvalue weighted by molar-refractivity contribution is -0.117. The summed E-state index contributed by atoms with van der Waals surface area (Å²) in [7, 11) is -7.53. The van der Waals surface area contributed by atoms with Gasteiger partial charge in [-0.15, -0.1) is 0 Å². The molecule has 0 aliphatic carbocycles. The number of nitrogens with one attached hydrogen (secondary N) is 2. The Morgan fingerprint density at radius 3 is 1.78 bits per heavy atom. The van der Waals surface area contributed by atoms with E-state index in [0.717, 1.165) is 5.56 Å². The summed E-state index contributed by atoms with van der Waals surface area (Å²) in [5.74, 6) is -0.320. The van der Waals surface area contributed by atoms with E-state index in [0.29, 0.717) is 12.2 Å². The maximum atomic E-state index is 12.2. The highest BCUT2D eigenvalue weighted by Crippen LogP contribution is 2.13. The van der Waals surface area contributed by atoms with Crippen LogP contribution in [0.1, 0.15) is 12.5 Å². The average molecular weight is 412 g/mol. The van der Waals surface area contributed by atoms with Crippen LogP contribution in [0.15, 0.2) is 58.3 Å². The number of hydrogen-bond donors (Lipinski definition) is 4. The van der Waals surface area contributed by atoms with Gasteiger partial charge >= 0.3 is 0 Å². The van der Waals surface area contributed by atoms with E-state index in [4.69, 9.17) is 10.3 Å². The predicted molar refractivity (Wildman–Crippen MR) is 101 cm³/mol. The molecule has 0 saturated carbocycles. The molecule has 6 N–H and O–H groups in total. The quantitative estimate of drug-likeness (QED) is 0.504. The molecule has 0 radical (unpaired) electrons. The fourth-order valence-corrected chi connectivity index (χ4v) is 3.17. The first-order chi connectivity index (χ1) is 12.5. The number of benzene rings is 2. The van der Waals surface area contributed by atoms with Crippen LogP contribution in [0.2, 0.25) is 0 Å². The highest BCUT2D eigenvalue weighted by Gasteiger charge is 2.14. The number of nitrogens with two attached hydrogens (primary N) is 2.